The Labute approximate surface area is 278 Å². The number of rotatable bonds is 15. The minimum Gasteiger partial charge on any atom is -0.493 e. The summed E-state index contributed by atoms with van der Waals surface area (Å²) in [6, 6.07) is 11.1. The Morgan fingerprint density at radius 1 is 1.00 bits per heavy atom. The van der Waals surface area contributed by atoms with Gasteiger partial charge in [0.05, 0.1) is 54.6 Å². The Balaban J connectivity index is 1.41. The summed E-state index contributed by atoms with van der Waals surface area (Å²) in [5.41, 5.74) is 3.08. The van der Waals surface area contributed by atoms with Gasteiger partial charge in [0.1, 0.15) is 6.61 Å². The van der Waals surface area contributed by atoms with Crippen molar-refractivity contribution in [3.8, 4) is 28.7 Å². The van der Waals surface area contributed by atoms with Crippen molar-refractivity contribution in [1.82, 2.24) is 16.1 Å². The summed E-state index contributed by atoms with van der Waals surface area (Å²) >= 11 is 0. The molecule has 0 saturated carbocycles. The Kier molecular flexibility index (Phi) is 11.5. The molecular formula is C31H32N6O12. The highest BCUT2D eigenvalue weighted by Gasteiger charge is 2.32. The van der Waals surface area contributed by atoms with Crippen molar-refractivity contribution in [3.05, 3.63) is 97.2 Å². The van der Waals surface area contributed by atoms with Crippen molar-refractivity contribution in [2.45, 2.75) is 26.1 Å². The van der Waals surface area contributed by atoms with Crippen molar-refractivity contribution >= 4 is 29.6 Å². The first kappa shape index (κ1) is 35.4. The summed E-state index contributed by atoms with van der Waals surface area (Å²) in [7, 11) is 2.60. The standard InChI is InChI=1S/C31H32N6O12/c1-5-47-26-13-19(29-28(30(39)46-4)17(2)33-31(40)34-29)7-10-23(26)48-16-27(38)35-32-15-18-6-9-24(25(12-18)45-3)49-22-11-8-20(36(41)42)14-21(22)37(43)44/h6-15,27,29,35,38H,5,16H2,1-4H3,(H2,33,34,40)/b32-15-/t27-,29+/m0/s1. The lowest BCUT2D eigenvalue weighted by molar-refractivity contribution is -0.394. The normalized spacial score (nSPS) is 14.7. The van der Waals surface area contributed by atoms with E-state index < -0.39 is 45.5 Å². The summed E-state index contributed by atoms with van der Waals surface area (Å²) in [5.74, 6) is 0.0333. The number of nitro benzene ring substituents is 2. The lowest BCUT2D eigenvalue weighted by Crippen LogP contribution is -2.45. The molecule has 1 heterocycles. The van der Waals surface area contributed by atoms with Gasteiger partial charge in [0.2, 0.25) is 5.75 Å². The second-order valence-corrected chi connectivity index (χ2v) is 10.1. The topological polar surface area (TPSA) is 235 Å². The van der Waals surface area contributed by atoms with Crippen LogP contribution in [0.2, 0.25) is 0 Å². The van der Waals surface area contributed by atoms with Crippen LogP contribution < -0.4 is 35.0 Å². The molecule has 3 aromatic rings. The van der Waals surface area contributed by atoms with Crippen molar-refractivity contribution in [2.24, 2.45) is 5.10 Å². The highest BCUT2D eigenvalue weighted by molar-refractivity contribution is 5.95. The van der Waals surface area contributed by atoms with Crippen LogP contribution in [0.3, 0.4) is 0 Å². The van der Waals surface area contributed by atoms with E-state index in [2.05, 4.69) is 21.2 Å². The molecule has 1 aliphatic rings. The van der Waals surface area contributed by atoms with E-state index in [0.717, 1.165) is 18.2 Å². The average Bonchev–Trinajstić information content (AvgIpc) is 3.07. The number of aliphatic hydroxyl groups excluding tert-OH is 1. The fraction of sp³-hybridized carbons (Fsp3) is 0.258. The molecule has 2 atom stereocenters. The number of aliphatic hydroxyl groups is 1. The van der Waals surface area contributed by atoms with E-state index in [1.165, 1.54) is 32.6 Å². The van der Waals surface area contributed by atoms with E-state index in [1.54, 1.807) is 38.1 Å². The number of urea groups is 1. The van der Waals surface area contributed by atoms with Crippen LogP contribution in [0.4, 0.5) is 16.2 Å². The molecule has 4 rings (SSSR count). The third kappa shape index (κ3) is 8.69. The van der Waals surface area contributed by atoms with Crippen molar-refractivity contribution in [3.63, 3.8) is 0 Å². The summed E-state index contributed by atoms with van der Waals surface area (Å²) in [5, 5.41) is 42.2. The number of benzene rings is 3. The molecular weight excluding hydrogens is 648 g/mol. The number of carbonyl (C=O) groups is 2. The SMILES string of the molecule is CCOc1cc([C@H]2NC(=O)NC(C)=C2C(=O)OC)ccc1OC[C@H](O)N/N=C\c1ccc(Oc2ccc([N+](=O)[O-])cc2[N+](=O)[O-])c(OC)c1. The molecule has 4 N–H and O–H groups in total. The number of esters is 1. The van der Waals surface area contributed by atoms with E-state index in [0.29, 0.717) is 22.6 Å². The number of nitrogens with zero attached hydrogens (tertiary/aromatic N) is 3. The Morgan fingerprint density at radius 3 is 2.41 bits per heavy atom. The number of amides is 2. The molecule has 0 bridgehead atoms. The smallest absolute Gasteiger partial charge is 0.337 e. The fourth-order valence-electron chi connectivity index (χ4n) is 4.64. The maximum atomic E-state index is 12.4. The first-order valence-electron chi connectivity index (χ1n) is 14.5. The Hall–Kier alpha value is -6.43. The van der Waals surface area contributed by atoms with Gasteiger partial charge in [0.15, 0.2) is 29.2 Å². The van der Waals surface area contributed by atoms with Gasteiger partial charge in [-0.15, -0.1) is 0 Å². The van der Waals surface area contributed by atoms with E-state index in [-0.39, 0.29) is 41.8 Å². The lowest BCUT2D eigenvalue weighted by atomic mass is 9.95. The van der Waals surface area contributed by atoms with Gasteiger partial charge in [-0.05, 0) is 61.4 Å². The Morgan fingerprint density at radius 2 is 1.73 bits per heavy atom. The van der Waals surface area contributed by atoms with E-state index in [1.807, 2.05) is 0 Å². The molecule has 0 fully saturated rings. The number of methoxy groups -OCH3 is 2. The number of nitrogens with one attached hydrogen (secondary N) is 3. The number of carbonyl (C=O) groups excluding carboxylic acids is 2. The predicted molar refractivity (Wildman–Crippen MR) is 172 cm³/mol. The van der Waals surface area contributed by atoms with Gasteiger partial charge in [0, 0.05) is 11.8 Å². The van der Waals surface area contributed by atoms with Gasteiger partial charge >= 0.3 is 17.7 Å². The largest absolute Gasteiger partial charge is 0.493 e. The number of allylic oxidation sites excluding steroid dienone is 1. The zero-order valence-corrected chi connectivity index (χ0v) is 26.6. The van der Waals surface area contributed by atoms with Crippen molar-refractivity contribution in [1.29, 1.82) is 0 Å². The van der Waals surface area contributed by atoms with Gasteiger partial charge in [-0.25, -0.2) is 9.59 Å². The summed E-state index contributed by atoms with van der Waals surface area (Å²) < 4.78 is 27.3. The van der Waals surface area contributed by atoms with Crippen LogP contribution in [0.25, 0.3) is 0 Å². The van der Waals surface area contributed by atoms with Gasteiger partial charge in [-0.1, -0.05) is 6.07 Å². The second kappa shape index (κ2) is 15.9. The molecule has 18 heteroatoms. The second-order valence-electron chi connectivity index (χ2n) is 10.1. The molecule has 18 nitrogen and oxygen atoms in total. The monoisotopic (exact) mass is 680 g/mol. The third-order valence-corrected chi connectivity index (χ3v) is 6.87. The molecule has 49 heavy (non-hydrogen) atoms. The van der Waals surface area contributed by atoms with Crippen molar-refractivity contribution in [2.75, 3.05) is 27.4 Å². The summed E-state index contributed by atoms with van der Waals surface area (Å²) in [6.07, 6.45) is 0.101. The lowest BCUT2D eigenvalue weighted by Gasteiger charge is -2.28. The van der Waals surface area contributed by atoms with Gasteiger partial charge in [-0.3, -0.25) is 25.7 Å². The number of hydrogen-bond acceptors (Lipinski definition) is 14. The van der Waals surface area contributed by atoms with Crippen LogP contribution in [-0.4, -0.2) is 66.8 Å². The third-order valence-electron chi connectivity index (χ3n) is 6.87. The predicted octanol–water partition coefficient (Wildman–Crippen LogP) is 3.82. The maximum absolute atomic E-state index is 12.4. The zero-order valence-electron chi connectivity index (χ0n) is 26.6. The van der Waals surface area contributed by atoms with Crippen LogP contribution >= 0.6 is 0 Å². The van der Waals surface area contributed by atoms with E-state index in [4.69, 9.17) is 23.7 Å². The first-order chi connectivity index (χ1) is 23.4. The van der Waals surface area contributed by atoms with Crippen LogP contribution in [0.5, 0.6) is 28.7 Å². The summed E-state index contributed by atoms with van der Waals surface area (Å²) in [4.78, 5) is 45.5. The fourth-order valence-corrected chi connectivity index (χ4v) is 4.64. The molecule has 0 aromatic heterocycles. The molecule has 3 aromatic carbocycles. The van der Waals surface area contributed by atoms with Crippen molar-refractivity contribution < 1.29 is 48.2 Å². The maximum Gasteiger partial charge on any atom is 0.337 e. The zero-order chi connectivity index (χ0) is 35.7. The summed E-state index contributed by atoms with van der Waals surface area (Å²) in [6.45, 7) is 3.39. The number of hydrogen-bond donors (Lipinski definition) is 4. The molecule has 2 amide bonds. The minimum atomic E-state index is -1.27. The number of hydrazone groups is 1. The van der Waals surface area contributed by atoms with Gasteiger partial charge in [-0.2, -0.15) is 5.10 Å². The highest BCUT2D eigenvalue weighted by atomic mass is 16.6. The van der Waals surface area contributed by atoms with Gasteiger partial charge < -0.3 is 39.4 Å². The molecule has 0 unspecified atom stereocenters. The quantitative estimate of drug-likeness (QED) is 0.0588. The molecule has 0 saturated heterocycles. The van der Waals surface area contributed by atoms with Crippen LogP contribution in [0.1, 0.15) is 31.0 Å². The average molecular weight is 681 g/mol. The first-order valence-corrected chi connectivity index (χ1v) is 14.5. The number of nitro groups is 2. The Bertz CT molecular complexity index is 1810. The number of non-ortho nitro benzene ring substituents is 1. The van der Waals surface area contributed by atoms with Crippen LogP contribution in [-0.2, 0) is 9.53 Å². The van der Waals surface area contributed by atoms with E-state index >= 15 is 0 Å². The molecule has 0 radical (unpaired) electrons. The number of ether oxygens (including phenoxy) is 5. The highest BCUT2D eigenvalue weighted by Crippen LogP contribution is 2.38. The molecule has 0 spiro atoms. The van der Waals surface area contributed by atoms with Gasteiger partial charge in [0.25, 0.3) is 5.69 Å². The minimum absolute atomic E-state index is 0.101. The molecule has 0 aliphatic carbocycles. The van der Waals surface area contributed by atoms with Crippen LogP contribution in [0.15, 0.2) is 71.0 Å². The van der Waals surface area contributed by atoms with E-state index in [9.17, 15) is 34.9 Å². The van der Waals surface area contributed by atoms with Crippen LogP contribution in [0, 0.1) is 20.2 Å². The molecule has 1 aliphatic heterocycles. The molecule has 258 valence electrons.